The van der Waals surface area contributed by atoms with Crippen molar-refractivity contribution in [2.45, 2.75) is 6.42 Å². The maximum absolute atomic E-state index is 13.3. The van der Waals surface area contributed by atoms with Gasteiger partial charge in [-0.2, -0.15) is 5.10 Å². The molecule has 0 N–H and O–H groups in total. The average molecular weight is 315 g/mol. The summed E-state index contributed by atoms with van der Waals surface area (Å²) in [5, 5.41) is 3.48. The number of hydrogen-bond donors (Lipinski definition) is 0. The van der Waals surface area contributed by atoms with E-state index in [1.54, 1.807) is 7.05 Å². The third-order valence-electron chi connectivity index (χ3n) is 2.67. The molecule has 0 atom stereocenters. The monoisotopic (exact) mass is 314 g/mol. The highest BCUT2D eigenvalue weighted by molar-refractivity contribution is 6.40. The van der Waals surface area contributed by atoms with Crippen LogP contribution in [-0.4, -0.2) is 21.3 Å². The molecular weight excluding hydrogens is 306 g/mol. The summed E-state index contributed by atoms with van der Waals surface area (Å²) in [6, 6.07) is 2.29. The molecule has 1 aromatic carbocycles. The molecule has 0 fully saturated rings. The Morgan fingerprint density at radius 3 is 2.60 bits per heavy atom. The molecule has 0 saturated carbocycles. The van der Waals surface area contributed by atoms with Crippen molar-refractivity contribution in [2.75, 3.05) is 0 Å². The lowest BCUT2D eigenvalue weighted by Gasteiger charge is -2.06. The average Bonchev–Trinajstić information content (AvgIpc) is 2.81. The SMILES string of the molecule is Cn1cc(C(=O)CC(=O)c2c(Cl)ccc(F)c2Cl)cn1. The van der Waals surface area contributed by atoms with E-state index in [1.807, 2.05) is 0 Å². The maximum Gasteiger partial charge on any atom is 0.173 e. The Morgan fingerprint density at radius 1 is 1.30 bits per heavy atom. The van der Waals surface area contributed by atoms with Crippen LogP contribution in [0.25, 0.3) is 0 Å². The van der Waals surface area contributed by atoms with E-state index in [4.69, 9.17) is 23.2 Å². The first kappa shape index (κ1) is 14.7. The highest BCUT2D eigenvalue weighted by Gasteiger charge is 2.21. The van der Waals surface area contributed by atoms with Gasteiger partial charge < -0.3 is 0 Å². The van der Waals surface area contributed by atoms with Crippen molar-refractivity contribution in [3.63, 3.8) is 0 Å². The van der Waals surface area contributed by atoms with Crippen molar-refractivity contribution >= 4 is 34.8 Å². The molecule has 2 aromatic rings. The number of aromatic nitrogens is 2. The first-order valence-electron chi connectivity index (χ1n) is 5.58. The van der Waals surface area contributed by atoms with Gasteiger partial charge >= 0.3 is 0 Å². The minimum atomic E-state index is -0.756. The van der Waals surface area contributed by atoms with Gasteiger partial charge in [-0.1, -0.05) is 23.2 Å². The zero-order chi connectivity index (χ0) is 14.9. The van der Waals surface area contributed by atoms with Crippen molar-refractivity contribution in [1.29, 1.82) is 0 Å². The van der Waals surface area contributed by atoms with Crippen molar-refractivity contribution in [2.24, 2.45) is 7.05 Å². The topological polar surface area (TPSA) is 52.0 Å². The quantitative estimate of drug-likeness (QED) is 0.494. The molecule has 0 unspecified atom stereocenters. The molecule has 20 heavy (non-hydrogen) atoms. The first-order valence-corrected chi connectivity index (χ1v) is 6.34. The summed E-state index contributed by atoms with van der Waals surface area (Å²) >= 11 is 11.5. The Labute approximate surface area is 124 Å². The summed E-state index contributed by atoms with van der Waals surface area (Å²) in [7, 11) is 1.65. The lowest BCUT2D eigenvalue weighted by molar-refractivity contribution is 0.0894. The van der Waals surface area contributed by atoms with Crippen LogP contribution in [0.4, 0.5) is 4.39 Å². The van der Waals surface area contributed by atoms with E-state index in [0.717, 1.165) is 6.07 Å². The molecular formula is C13H9Cl2FN2O2. The summed E-state index contributed by atoms with van der Waals surface area (Å²) in [6.07, 6.45) is 2.39. The Hall–Kier alpha value is -1.72. The van der Waals surface area contributed by atoms with Gasteiger partial charge in [-0.15, -0.1) is 0 Å². The van der Waals surface area contributed by atoms with E-state index < -0.39 is 23.8 Å². The number of carbonyl (C=O) groups is 2. The lowest BCUT2D eigenvalue weighted by atomic mass is 10.0. The van der Waals surface area contributed by atoms with Crippen LogP contribution < -0.4 is 0 Å². The Kier molecular flexibility index (Phi) is 4.20. The van der Waals surface area contributed by atoms with Gasteiger partial charge in [-0.05, 0) is 12.1 Å². The van der Waals surface area contributed by atoms with Crippen molar-refractivity contribution in [3.8, 4) is 0 Å². The van der Waals surface area contributed by atoms with Crippen LogP contribution in [0.3, 0.4) is 0 Å². The van der Waals surface area contributed by atoms with Crippen molar-refractivity contribution < 1.29 is 14.0 Å². The zero-order valence-electron chi connectivity index (χ0n) is 10.4. The number of nitrogens with zero attached hydrogens (tertiary/aromatic N) is 2. The van der Waals surface area contributed by atoms with E-state index in [9.17, 15) is 14.0 Å². The van der Waals surface area contributed by atoms with E-state index in [-0.39, 0.29) is 15.6 Å². The first-order chi connectivity index (χ1) is 9.40. The van der Waals surface area contributed by atoms with E-state index in [0.29, 0.717) is 5.56 Å². The second-order valence-corrected chi connectivity index (χ2v) is 4.93. The van der Waals surface area contributed by atoms with Crippen LogP contribution >= 0.6 is 23.2 Å². The summed E-state index contributed by atoms with van der Waals surface area (Å²) in [6.45, 7) is 0. The fourth-order valence-electron chi connectivity index (χ4n) is 1.68. The molecule has 0 aliphatic heterocycles. The molecule has 0 spiro atoms. The maximum atomic E-state index is 13.3. The number of Topliss-reactive ketones (excluding diaryl/α,β-unsaturated/α-hetero) is 2. The largest absolute Gasteiger partial charge is 0.294 e. The third-order valence-corrected chi connectivity index (χ3v) is 3.36. The van der Waals surface area contributed by atoms with Crippen LogP contribution in [0.2, 0.25) is 10.0 Å². The van der Waals surface area contributed by atoms with Gasteiger partial charge in [-0.3, -0.25) is 14.3 Å². The number of rotatable bonds is 4. The summed E-state index contributed by atoms with van der Waals surface area (Å²) in [4.78, 5) is 23.9. The number of carbonyl (C=O) groups excluding carboxylic acids is 2. The summed E-state index contributed by atoms with van der Waals surface area (Å²) in [5.74, 6) is -1.82. The summed E-state index contributed by atoms with van der Waals surface area (Å²) in [5.41, 5.74) is 0.120. The van der Waals surface area contributed by atoms with Gasteiger partial charge in [0.2, 0.25) is 0 Å². The predicted molar refractivity (Wildman–Crippen MR) is 72.9 cm³/mol. The summed E-state index contributed by atoms with van der Waals surface area (Å²) < 4.78 is 14.8. The molecule has 104 valence electrons. The van der Waals surface area contributed by atoms with Gasteiger partial charge in [0, 0.05) is 13.2 Å². The molecule has 0 aliphatic rings. The van der Waals surface area contributed by atoms with Crippen LogP contribution in [-0.2, 0) is 7.05 Å². The number of aryl methyl sites for hydroxylation is 1. The van der Waals surface area contributed by atoms with Gasteiger partial charge in [0.1, 0.15) is 5.82 Å². The fourth-order valence-corrected chi connectivity index (χ4v) is 2.27. The molecule has 7 heteroatoms. The number of hydrogen-bond acceptors (Lipinski definition) is 3. The second-order valence-electron chi connectivity index (χ2n) is 4.14. The Morgan fingerprint density at radius 2 is 2.00 bits per heavy atom. The highest BCUT2D eigenvalue weighted by Crippen LogP contribution is 2.28. The van der Waals surface area contributed by atoms with Crippen LogP contribution in [0.5, 0.6) is 0 Å². The molecule has 0 radical (unpaired) electrons. The molecule has 1 heterocycles. The third kappa shape index (κ3) is 2.89. The Balaban J connectivity index is 2.25. The van der Waals surface area contributed by atoms with Gasteiger partial charge in [0.05, 0.1) is 33.8 Å². The van der Waals surface area contributed by atoms with Crippen LogP contribution in [0.15, 0.2) is 24.5 Å². The zero-order valence-corrected chi connectivity index (χ0v) is 11.9. The number of halogens is 3. The van der Waals surface area contributed by atoms with Crippen molar-refractivity contribution in [1.82, 2.24) is 9.78 Å². The molecule has 4 nitrogen and oxygen atoms in total. The molecule has 0 saturated heterocycles. The minimum Gasteiger partial charge on any atom is -0.294 e. The van der Waals surface area contributed by atoms with E-state index >= 15 is 0 Å². The Bertz CT molecular complexity index is 698. The normalized spacial score (nSPS) is 10.6. The van der Waals surface area contributed by atoms with Crippen molar-refractivity contribution in [3.05, 3.63) is 51.5 Å². The van der Waals surface area contributed by atoms with Gasteiger partial charge in [-0.25, -0.2) is 4.39 Å². The highest BCUT2D eigenvalue weighted by atomic mass is 35.5. The predicted octanol–water partition coefficient (Wildman–Crippen LogP) is 3.32. The fraction of sp³-hybridized carbons (Fsp3) is 0.154. The number of ketones is 2. The molecule has 0 bridgehead atoms. The standard InChI is InChI=1S/C13H9Cl2FN2O2/c1-18-6-7(5-17-18)10(19)4-11(20)12-8(14)2-3-9(16)13(12)15/h2-3,5-6H,4H2,1H3. The lowest BCUT2D eigenvalue weighted by Crippen LogP contribution is -2.10. The number of benzene rings is 1. The van der Waals surface area contributed by atoms with Crippen LogP contribution in [0, 0.1) is 5.82 Å². The van der Waals surface area contributed by atoms with Crippen LogP contribution in [0.1, 0.15) is 27.1 Å². The second kappa shape index (κ2) is 5.73. The van der Waals surface area contributed by atoms with Gasteiger partial charge in [0.25, 0.3) is 0 Å². The van der Waals surface area contributed by atoms with E-state index in [2.05, 4.69) is 5.10 Å². The smallest absolute Gasteiger partial charge is 0.173 e. The van der Waals surface area contributed by atoms with Gasteiger partial charge in [0.15, 0.2) is 11.6 Å². The van der Waals surface area contributed by atoms with E-state index in [1.165, 1.54) is 23.1 Å². The molecule has 0 amide bonds. The molecule has 2 rings (SSSR count). The molecule has 1 aromatic heterocycles. The molecule has 0 aliphatic carbocycles. The minimum absolute atomic E-state index is 0.0142.